The SMILES string of the molecule is C=CCCCC.O=[PH](O)O. The molecule has 0 aliphatic heterocycles. The van der Waals surface area contributed by atoms with Gasteiger partial charge in [0, 0.05) is 0 Å². The number of hydrogen-bond donors (Lipinski definition) is 2. The molecule has 0 radical (unpaired) electrons. The summed E-state index contributed by atoms with van der Waals surface area (Å²) < 4.78 is 8.74. The molecule has 0 unspecified atom stereocenters. The highest BCUT2D eigenvalue weighted by Crippen LogP contribution is 1.98. The van der Waals surface area contributed by atoms with E-state index in [1.165, 1.54) is 19.3 Å². The second kappa shape index (κ2) is 11.7. The van der Waals surface area contributed by atoms with Crippen molar-refractivity contribution in [2.45, 2.75) is 26.2 Å². The van der Waals surface area contributed by atoms with Gasteiger partial charge in [0.15, 0.2) is 0 Å². The zero-order valence-electron chi connectivity index (χ0n) is 6.21. The standard InChI is InChI=1S/C6H12.H3O3P/c1-3-5-6-4-2;1-4(2)3/h3H,1,4-6H2,2H3;4H,(H2,1,2,3). The monoisotopic (exact) mass is 166 g/mol. The average Bonchev–Trinajstić information content (AvgIpc) is 1.82. The highest BCUT2D eigenvalue weighted by atomic mass is 31.1. The van der Waals surface area contributed by atoms with Crippen LogP contribution in [0.3, 0.4) is 0 Å². The van der Waals surface area contributed by atoms with Crippen molar-refractivity contribution in [1.29, 1.82) is 0 Å². The predicted octanol–water partition coefficient (Wildman–Crippen LogP) is 1.72. The third kappa shape index (κ3) is 44.8. The zero-order chi connectivity index (χ0) is 8.41. The first kappa shape index (κ1) is 12.6. The Hall–Kier alpha value is -0.110. The topological polar surface area (TPSA) is 57.5 Å². The first-order chi connectivity index (χ1) is 4.65. The lowest BCUT2D eigenvalue weighted by molar-refractivity contribution is 0.405. The van der Waals surface area contributed by atoms with Crippen molar-refractivity contribution in [3.8, 4) is 0 Å². The summed E-state index contributed by atoms with van der Waals surface area (Å²) in [6.45, 7) is 5.78. The quantitative estimate of drug-likeness (QED) is 0.381. The maximum absolute atomic E-state index is 8.74. The van der Waals surface area contributed by atoms with E-state index in [4.69, 9.17) is 14.4 Å². The molecule has 3 nitrogen and oxygen atoms in total. The summed E-state index contributed by atoms with van der Waals surface area (Å²) in [7, 11) is -3.13. The Bertz CT molecular complexity index is 89.0. The molecule has 4 heteroatoms. The molecule has 0 aromatic carbocycles. The minimum atomic E-state index is -3.13. The van der Waals surface area contributed by atoms with Gasteiger partial charge in [-0.05, 0) is 6.42 Å². The van der Waals surface area contributed by atoms with Gasteiger partial charge in [0.1, 0.15) is 0 Å². The second-order valence-electron chi connectivity index (χ2n) is 1.71. The molecule has 10 heavy (non-hydrogen) atoms. The highest BCUT2D eigenvalue weighted by molar-refractivity contribution is 7.30. The second-order valence-corrected chi connectivity index (χ2v) is 2.28. The van der Waals surface area contributed by atoms with E-state index in [0.717, 1.165) is 0 Å². The smallest absolute Gasteiger partial charge is 0.314 e. The summed E-state index contributed by atoms with van der Waals surface area (Å²) >= 11 is 0. The lowest BCUT2D eigenvalue weighted by atomic mass is 10.3. The zero-order valence-corrected chi connectivity index (χ0v) is 7.21. The van der Waals surface area contributed by atoms with Crippen LogP contribution < -0.4 is 0 Å². The molecule has 0 aliphatic carbocycles. The Balaban J connectivity index is 0. The van der Waals surface area contributed by atoms with Gasteiger partial charge >= 0.3 is 8.25 Å². The molecule has 0 fully saturated rings. The fraction of sp³-hybridized carbons (Fsp3) is 0.667. The van der Waals surface area contributed by atoms with E-state index in [9.17, 15) is 0 Å². The molecule has 2 N–H and O–H groups in total. The van der Waals surface area contributed by atoms with Crippen molar-refractivity contribution < 1.29 is 14.4 Å². The molecular formula is C6H15O3P. The number of rotatable bonds is 3. The first-order valence-electron chi connectivity index (χ1n) is 3.17. The number of unbranched alkanes of at least 4 members (excludes halogenated alkanes) is 2. The van der Waals surface area contributed by atoms with Crippen LogP contribution in [-0.4, -0.2) is 9.79 Å². The molecule has 0 spiro atoms. The molecule has 0 rings (SSSR count). The van der Waals surface area contributed by atoms with E-state index in [1.54, 1.807) is 0 Å². The Morgan fingerprint density at radius 1 is 1.60 bits per heavy atom. The Morgan fingerprint density at radius 2 is 2.00 bits per heavy atom. The summed E-state index contributed by atoms with van der Waals surface area (Å²) in [6.07, 6.45) is 5.72. The summed E-state index contributed by atoms with van der Waals surface area (Å²) in [5, 5.41) is 0. The highest BCUT2D eigenvalue weighted by Gasteiger charge is 1.71. The Morgan fingerprint density at radius 3 is 2.10 bits per heavy atom. The molecule has 0 aliphatic rings. The molecule has 0 aromatic heterocycles. The van der Waals surface area contributed by atoms with Crippen LogP contribution >= 0.6 is 8.25 Å². The van der Waals surface area contributed by atoms with E-state index < -0.39 is 8.25 Å². The molecule has 0 bridgehead atoms. The molecule has 0 atom stereocenters. The molecule has 0 saturated heterocycles. The van der Waals surface area contributed by atoms with Crippen molar-refractivity contribution in [1.82, 2.24) is 0 Å². The summed E-state index contributed by atoms with van der Waals surface area (Å²) in [6, 6.07) is 0. The van der Waals surface area contributed by atoms with Gasteiger partial charge < -0.3 is 9.79 Å². The van der Waals surface area contributed by atoms with Crippen LogP contribution in [0.1, 0.15) is 26.2 Å². The number of hydrogen-bond acceptors (Lipinski definition) is 1. The average molecular weight is 166 g/mol. The predicted molar refractivity (Wildman–Crippen MR) is 43.2 cm³/mol. The van der Waals surface area contributed by atoms with E-state index in [2.05, 4.69) is 13.5 Å². The minimum Gasteiger partial charge on any atom is -0.326 e. The van der Waals surface area contributed by atoms with Gasteiger partial charge in [-0.2, -0.15) is 0 Å². The van der Waals surface area contributed by atoms with Crippen LogP contribution in [0.25, 0.3) is 0 Å². The summed E-state index contributed by atoms with van der Waals surface area (Å²) in [5.74, 6) is 0. The van der Waals surface area contributed by atoms with E-state index >= 15 is 0 Å². The van der Waals surface area contributed by atoms with Gasteiger partial charge in [-0.3, -0.25) is 4.57 Å². The number of allylic oxidation sites excluding steroid dienone is 1. The lowest BCUT2D eigenvalue weighted by Gasteiger charge is -1.81. The third-order valence-corrected chi connectivity index (χ3v) is 0.762. The maximum atomic E-state index is 8.74. The van der Waals surface area contributed by atoms with E-state index in [1.807, 2.05) is 6.08 Å². The Kier molecular flexibility index (Phi) is 14.6. The lowest BCUT2D eigenvalue weighted by Crippen LogP contribution is -1.61. The van der Waals surface area contributed by atoms with Crippen molar-refractivity contribution in [2.24, 2.45) is 0 Å². The third-order valence-electron chi connectivity index (χ3n) is 0.762. The molecule has 0 saturated carbocycles. The summed E-state index contributed by atoms with van der Waals surface area (Å²) in [4.78, 5) is 14.3. The van der Waals surface area contributed by atoms with Crippen molar-refractivity contribution >= 4 is 8.25 Å². The Labute approximate surface area is 62.3 Å². The van der Waals surface area contributed by atoms with E-state index in [0.29, 0.717) is 0 Å². The van der Waals surface area contributed by atoms with Crippen LogP contribution in [0, 0.1) is 0 Å². The normalized spacial score (nSPS) is 8.40. The van der Waals surface area contributed by atoms with Gasteiger partial charge in [0.25, 0.3) is 0 Å². The molecule has 0 amide bonds. The first-order valence-corrected chi connectivity index (χ1v) is 4.48. The molecular weight excluding hydrogens is 151 g/mol. The van der Waals surface area contributed by atoms with Gasteiger partial charge in [0.2, 0.25) is 0 Å². The molecule has 62 valence electrons. The maximum Gasteiger partial charge on any atom is 0.314 e. The van der Waals surface area contributed by atoms with Crippen molar-refractivity contribution in [3.63, 3.8) is 0 Å². The fourth-order valence-electron chi connectivity index (χ4n) is 0.348. The fourth-order valence-corrected chi connectivity index (χ4v) is 0.348. The molecule has 0 heterocycles. The van der Waals surface area contributed by atoms with Gasteiger partial charge in [-0.25, -0.2) is 0 Å². The van der Waals surface area contributed by atoms with Gasteiger partial charge in [-0.1, -0.05) is 25.8 Å². The van der Waals surface area contributed by atoms with Gasteiger partial charge in [-0.15, -0.1) is 6.58 Å². The van der Waals surface area contributed by atoms with Crippen LogP contribution in [-0.2, 0) is 4.57 Å². The van der Waals surface area contributed by atoms with E-state index in [-0.39, 0.29) is 0 Å². The summed E-state index contributed by atoms with van der Waals surface area (Å²) in [5.41, 5.74) is 0. The van der Waals surface area contributed by atoms with Crippen LogP contribution in [0.15, 0.2) is 12.7 Å². The van der Waals surface area contributed by atoms with Gasteiger partial charge in [0.05, 0.1) is 0 Å². The van der Waals surface area contributed by atoms with Crippen LogP contribution in [0.2, 0.25) is 0 Å². The largest absolute Gasteiger partial charge is 0.326 e. The molecule has 0 aromatic rings. The van der Waals surface area contributed by atoms with Crippen molar-refractivity contribution in [3.05, 3.63) is 12.7 Å². The van der Waals surface area contributed by atoms with Crippen LogP contribution in [0.5, 0.6) is 0 Å². The van der Waals surface area contributed by atoms with Crippen molar-refractivity contribution in [2.75, 3.05) is 0 Å². The minimum absolute atomic E-state index is 1.18. The van der Waals surface area contributed by atoms with Crippen LogP contribution in [0.4, 0.5) is 0 Å².